The summed E-state index contributed by atoms with van der Waals surface area (Å²) >= 11 is 1.84. The fourth-order valence-electron chi connectivity index (χ4n) is 4.22. The maximum absolute atomic E-state index is 12.7. The van der Waals surface area contributed by atoms with Gasteiger partial charge in [-0.2, -0.15) is 0 Å². The van der Waals surface area contributed by atoms with Crippen LogP contribution in [0.15, 0.2) is 40.6 Å². The second kappa shape index (κ2) is 7.59. The molecular formula is C20H26N3O3S2+. The first-order valence-corrected chi connectivity index (χ1v) is 12.1. The molecular weight excluding hydrogens is 394 g/mol. The Bertz CT molecular complexity index is 965. The zero-order valence-corrected chi connectivity index (χ0v) is 17.5. The largest absolute Gasteiger partial charge is 0.345 e. The van der Waals surface area contributed by atoms with E-state index in [0.29, 0.717) is 18.5 Å². The van der Waals surface area contributed by atoms with Gasteiger partial charge >= 0.3 is 0 Å². The number of sulfonamides is 1. The molecule has 1 unspecified atom stereocenters. The third kappa shape index (κ3) is 4.15. The monoisotopic (exact) mass is 420 g/mol. The van der Waals surface area contributed by atoms with E-state index in [0.717, 1.165) is 18.5 Å². The highest BCUT2D eigenvalue weighted by atomic mass is 32.2. The molecule has 4 rings (SSSR count). The summed E-state index contributed by atoms with van der Waals surface area (Å²) in [6.07, 6.45) is 3.57. The van der Waals surface area contributed by atoms with Crippen LogP contribution >= 0.6 is 11.3 Å². The summed E-state index contributed by atoms with van der Waals surface area (Å²) in [6.45, 7) is 3.38. The minimum absolute atomic E-state index is 0.0300. The van der Waals surface area contributed by atoms with Crippen molar-refractivity contribution >= 4 is 27.3 Å². The number of carbonyl (C=O) groups is 1. The summed E-state index contributed by atoms with van der Waals surface area (Å²) in [7, 11) is -3.71. The molecule has 1 fully saturated rings. The second-order valence-electron chi connectivity index (χ2n) is 7.85. The quantitative estimate of drug-likeness (QED) is 0.655. The molecule has 1 aliphatic heterocycles. The van der Waals surface area contributed by atoms with E-state index in [4.69, 9.17) is 5.14 Å². The van der Waals surface area contributed by atoms with Crippen molar-refractivity contribution < 1.29 is 18.1 Å². The first-order valence-electron chi connectivity index (χ1n) is 9.66. The van der Waals surface area contributed by atoms with E-state index in [1.54, 1.807) is 12.1 Å². The highest BCUT2D eigenvalue weighted by molar-refractivity contribution is 7.89. The van der Waals surface area contributed by atoms with Gasteiger partial charge in [0.05, 0.1) is 17.5 Å². The molecule has 1 amide bonds. The molecule has 0 saturated heterocycles. The van der Waals surface area contributed by atoms with Crippen molar-refractivity contribution in [3.63, 3.8) is 0 Å². The number of primary sulfonamides is 1. The maximum Gasteiger partial charge on any atom is 0.275 e. The lowest BCUT2D eigenvalue weighted by Crippen LogP contribution is -3.14. The predicted molar refractivity (Wildman–Crippen MR) is 109 cm³/mol. The van der Waals surface area contributed by atoms with Crippen LogP contribution in [-0.2, 0) is 21.2 Å². The minimum Gasteiger partial charge on any atom is -0.345 e. The Labute approximate surface area is 169 Å². The third-order valence-corrected chi connectivity index (χ3v) is 7.72. The van der Waals surface area contributed by atoms with Gasteiger partial charge in [0, 0.05) is 22.8 Å². The summed E-state index contributed by atoms with van der Waals surface area (Å²) in [4.78, 5) is 15.6. The SMILES string of the molecule is C[C@H](NC(=O)C[NH+]1CCc2sccc2[C@@H]1C1CC1)c1ccc(S(N)(=O)=O)cc1. The second-order valence-corrected chi connectivity index (χ2v) is 10.4. The number of rotatable bonds is 6. The molecule has 2 heterocycles. The van der Waals surface area contributed by atoms with Crippen LogP contribution in [0.25, 0.3) is 0 Å². The van der Waals surface area contributed by atoms with Crippen molar-refractivity contribution in [2.75, 3.05) is 13.1 Å². The number of carbonyl (C=O) groups excluding carboxylic acids is 1. The Morgan fingerprint density at radius 1 is 1.29 bits per heavy atom. The molecule has 2 aromatic rings. The first-order chi connectivity index (χ1) is 13.3. The molecule has 0 bridgehead atoms. The highest BCUT2D eigenvalue weighted by Crippen LogP contribution is 2.42. The summed E-state index contributed by atoms with van der Waals surface area (Å²) < 4.78 is 22.8. The molecule has 0 radical (unpaired) electrons. The molecule has 0 spiro atoms. The van der Waals surface area contributed by atoms with Crippen LogP contribution in [0.1, 0.15) is 47.9 Å². The zero-order valence-electron chi connectivity index (χ0n) is 15.9. The van der Waals surface area contributed by atoms with Gasteiger partial charge in [0.2, 0.25) is 10.0 Å². The predicted octanol–water partition coefficient (Wildman–Crippen LogP) is 1.17. The van der Waals surface area contributed by atoms with E-state index in [-0.39, 0.29) is 16.8 Å². The molecule has 2 aliphatic rings. The van der Waals surface area contributed by atoms with Gasteiger partial charge in [-0.05, 0) is 48.9 Å². The Hall–Kier alpha value is -1.74. The lowest BCUT2D eigenvalue weighted by molar-refractivity contribution is -0.928. The van der Waals surface area contributed by atoms with Crippen LogP contribution in [0.5, 0.6) is 0 Å². The van der Waals surface area contributed by atoms with Gasteiger partial charge in [0.1, 0.15) is 6.04 Å². The number of hydrogen-bond acceptors (Lipinski definition) is 4. The van der Waals surface area contributed by atoms with Gasteiger partial charge in [-0.1, -0.05) is 12.1 Å². The lowest BCUT2D eigenvalue weighted by Gasteiger charge is -2.32. The topological polar surface area (TPSA) is 93.7 Å². The van der Waals surface area contributed by atoms with Crippen LogP contribution in [0.3, 0.4) is 0 Å². The van der Waals surface area contributed by atoms with Crippen LogP contribution in [-0.4, -0.2) is 27.4 Å². The Morgan fingerprint density at radius 2 is 2.00 bits per heavy atom. The van der Waals surface area contributed by atoms with E-state index in [2.05, 4.69) is 16.8 Å². The van der Waals surface area contributed by atoms with Crippen LogP contribution < -0.4 is 15.4 Å². The van der Waals surface area contributed by atoms with Gasteiger partial charge in [-0.3, -0.25) is 4.79 Å². The van der Waals surface area contributed by atoms with Gasteiger partial charge in [0.15, 0.2) is 6.54 Å². The molecule has 3 atom stereocenters. The van der Waals surface area contributed by atoms with Crippen molar-refractivity contribution in [1.29, 1.82) is 0 Å². The number of amides is 1. The molecule has 1 saturated carbocycles. The first kappa shape index (κ1) is 19.6. The van der Waals surface area contributed by atoms with Crippen molar-refractivity contribution in [2.45, 2.75) is 43.2 Å². The fraction of sp³-hybridized carbons (Fsp3) is 0.450. The number of hydrogen-bond donors (Lipinski definition) is 3. The maximum atomic E-state index is 12.7. The summed E-state index contributed by atoms with van der Waals surface area (Å²) in [5, 5.41) is 10.4. The van der Waals surface area contributed by atoms with E-state index in [1.807, 2.05) is 18.3 Å². The molecule has 6 nitrogen and oxygen atoms in total. The highest BCUT2D eigenvalue weighted by Gasteiger charge is 2.43. The summed E-state index contributed by atoms with van der Waals surface area (Å²) in [5.41, 5.74) is 2.31. The van der Waals surface area contributed by atoms with Gasteiger partial charge < -0.3 is 10.2 Å². The number of benzene rings is 1. The van der Waals surface area contributed by atoms with Crippen LogP contribution in [0, 0.1) is 5.92 Å². The minimum atomic E-state index is -3.71. The molecule has 1 aromatic heterocycles. The van der Waals surface area contributed by atoms with Crippen molar-refractivity contribution in [1.82, 2.24) is 5.32 Å². The van der Waals surface area contributed by atoms with Crippen molar-refractivity contribution in [3.8, 4) is 0 Å². The standard InChI is InChI=1S/C20H25N3O3S2/c1-13(14-4-6-16(7-5-14)28(21,25)26)22-19(24)12-23-10-8-18-17(9-11-27-18)20(23)15-2-3-15/h4-7,9,11,13,15,20H,2-3,8,10,12H2,1H3,(H,22,24)(H2,21,25,26)/p+1/t13-,20-/m0/s1. The van der Waals surface area contributed by atoms with E-state index in [1.165, 1.54) is 40.3 Å². The zero-order chi connectivity index (χ0) is 19.9. The molecule has 150 valence electrons. The Kier molecular flexibility index (Phi) is 5.30. The fourth-order valence-corrected chi connectivity index (χ4v) is 5.67. The van der Waals surface area contributed by atoms with Crippen LogP contribution in [0.4, 0.5) is 0 Å². The Morgan fingerprint density at radius 3 is 2.64 bits per heavy atom. The smallest absolute Gasteiger partial charge is 0.275 e. The summed E-state index contributed by atoms with van der Waals surface area (Å²) in [6, 6.07) is 8.85. The van der Waals surface area contributed by atoms with E-state index >= 15 is 0 Å². The molecule has 1 aromatic carbocycles. The number of thiophene rings is 1. The molecule has 4 N–H and O–H groups in total. The van der Waals surface area contributed by atoms with Gasteiger partial charge in [-0.15, -0.1) is 11.3 Å². The van der Waals surface area contributed by atoms with Gasteiger partial charge in [0.25, 0.3) is 5.91 Å². The van der Waals surface area contributed by atoms with E-state index in [9.17, 15) is 13.2 Å². The average molecular weight is 421 g/mol. The average Bonchev–Trinajstić information content (AvgIpc) is 3.37. The molecule has 1 aliphatic carbocycles. The summed E-state index contributed by atoms with van der Waals surface area (Å²) in [5.74, 6) is 0.738. The van der Waals surface area contributed by atoms with Gasteiger partial charge in [-0.25, -0.2) is 13.6 Å². The van der Waals surface area contributed by atoms with Crippen molar-refractivity contribution in [2.24, 2.45) is 11.1 Å². The normalized spacial score (nSPS) is 23.1. The molecule has 28 heavy (non-hydrogen) atoms. The Balaban J connectivity index is 1.40. The lowest BCUT2D eigenvalue weighted by atomic mass is 9.96. The van der Waals surface area contributed by atoms with Crippen molar-refractivity contribution in [3.05, 3.63) is 51.7 Å². The molecule has 8 heteroatoms. The number of nitrogens with one attached hydrogen (secondary N) is 2. The number of nitrogens with two attached hydrogens (primary N) is 1. The van der Waals surface area contributed by atoms with E-state index < -0.39 is 10.0 Å². The van der Waals surface area contributed by atoms with Crippen LogP contribution in [0.2, 0.25) is 0 Å². The number of quaternary nitrogens is 1. The number of fused-ring (bicyclic) bond motifs is 1. The third-order valence-electron chi connectivity index (χ3n) is 5.80.